The number of nitrogens with zero attached hydrogens (tertiary/aromatic N) is 5. The van der Waals surface area contributed by atoms with Gasteiger partial charge in [-0.2, -0.15) is 4.98 Å². The van der Waals surface area contributed by atoms with Crippen molar-refractivity contribution in [3.63, 3.8) is 0 Å². The van der Waals surface area contributed by atoms with Gasteiger partial charge in [-0.15, -0.1) is 10.2 Å². The smallest absolute Gasteiger partial charge is 0.245 e. The monoisotopic (exact) mass is 290 g/mol. The molecule has 0 saturated carbocycles. The number of rotatable bonds is 4. The first-order valence-electron chi connectivity index (χ1n) is 5.85. The summed E-state index contributed by atoms with van der Waals surface area (Å²) in [5, 5.41) is 10.7. The Hall–Kier alpha value is -0.690. The second-order valence-electron chi connectivity index (χ2n) is 4.29. The molecule has 0 aliphatic carbocycles. The lowest BCUT2D eigenvalue weighted by atomic mass is 10.3. The molecule has 2 heterocycles. The highest BCUT2D eigenvalue weighted by Crippen LogP contribution is 2.15. The van der Waals surface area contributed by atoms with Gasteiger partial charge in [-0.25, -0.2) is 0 Å². The van der Waals surface area contributed by atoms with E-state index in [0.29, 0.717) is 5.82 Å². The van der Waals surface area contributed by atoms with Gasteiger partial charge in [0, 0.05) is 39.3 Å². The average molecular weight is 291 g/mol. The van der Waals surface area contributed by atoms with Crippen molar-refractivity contribution in [2.75, 3.05) is 51.6 Å². The molecule has 1 aliphatic heterocycles. The fourth-order valence-corrected chi connectivity index (χ4v) is 2.08. The van der Waals surface area contributed by atoms with E-state index in [4.69, 9.17) is 23.2 Å². The Kier molecular flexibility index (Phi) is 4.94. The van der Waals surface area contributed by atoms with Gasteiger partial charge in [-0.05, 0) is 18.6 Å². The van der Waals surface area contributed by atoms with Crippen LogP contribution in [0.5, 0.6) is 0 Å². The summed E-state index contributed by atoms with van der Waals surface area (Å²) < 4.78 is 0. The van der Waals surface area contributed by atoms with E-state index in [0.717, 1.165) is 39.3 Å². The molecule has 0 unspecified atom stereocenters. The molecular formula is C10H16Cl2N6. The Balaban J connectivity index is 1.76. The third kappa shape index (κ3) is 3.91. The number of hydrogen-bond acceptors (Lipinski definition) is 6. The van der Waals surface area contributed by atoms with Crippen LogP contribution in [0.4, 0.5) is 5.82 Å². The zero-order valence-electron chi connectivity index (χ0n) is 10.2. The topological polar surface area (TPSA) is 57.2 Å². The number of hydrogen-bond donors (Lipinski definition) is 1. The van der Waals surface area contributed by atoms with Gasteiger partial charge >= 0.3 is 0 Å². The molecule has 0 amide bonds. The largest absolute Gasteiger partial charge is 0.366 e. The average Bonchev–Trinajstić information content (AvgIpc) is 2.36. The molecule has 1 fully saturated rings. The lowest BCUT2D eigenvalue weighted by molar-refractivity contribution is 0.158. The fraction of sp³-hybridized carbons (Fsp3) is 0.700. The molecule has 6 nitrogen and oxygen atoms in total. The first kappa shape index (κ1) is 13.7. The van der Waals surface area contributed by atoms with Crippen LogP contribution in [0.3, 0.4) is 0 Å². The molecule has 1 aliphatic rings. The molecule has 18 heavy (non-hydrogen) atoms. The highest BCUT2D eigenvalue weighted by molar-refractivity contribution is 6.32. The Morgan fingerprint density at radius 1 is 1.17 bits per heavy atom. The Morgan fingerprint density at radius 2 is 1.89 bits per heavy atom. The maximum Gasteiger partial charge on any atom is 0.245 e. The summed E-state index contributed by atoms with van der Waals surface area (Å²) in [4.78, 5) is 8.72. The molecule has 100 valence electrons. The van der Waals surface area contributed by atoms with Crippen molar-refractivity contribution in [2.45, 2.75) is 0 Å². The van der Waals surface area contributed by atoms with Crippen LogP contribution in [0.25, 0.3) is 0 Å². The second-order valence-corrected chi connectivity index (χ2v) is 4.99. The molecule has 1 saturated heterocycles. The Morgan fingerprint density at radius 3 is 2.61 bits per heavy atom. The van der Waals surface area contributed by atoms with Crippen molar-refractivity contribution in [1.82, 2.24) is 25.0 Å². The lowest BCUT2D eigenvalue weighted by Gasteiger charge is -2.32. The number of aromatic nitrogens is 3. The van der Waals surface area contributed by atoms with Crippen LogP contribution in [0, 0.1) is 0 Å². The molecule has 1 N–H and O–H groups in total. The SMILES string of the molecule is CN1CCN(CCNc2nc(Cl)nnc2Cl)CC1. The van der Waals surface area contributed by atoms with Gasteiger partial charge in [-0.3, -0.25) is 4.90 Å². The van der Waals surface area contributed by atoms with Crippen LogP contribution < -0.4 is 5.32 Å². The summed E-state index contributed by atoms with van der Waals surface area (Å²) in [7, 11) is 2.14. The third-order valence-electron chi connectivity index (χ3n) is 2.94. The van der Waals surface area contributed by atoms with Gasteiger partial charge in [0.2, 0.25) is 5.28 Å². The third-order valence-corrected chi connectivity index (χ3v) is 3.35. The molecule has 1 aromatic rings. The molecule has 0 spiro atoms. The quantitative estimate of drug-likeness (QED) is 0.887. The van der Waals surface area contributed by atoms with Crippen LogP contribution in [0.2, 0.25) is 10.4 Å². The summed E-state index contributed by atoms with van der Waals surface area (Å²) in [6.45, 7) is 6.12. The van der Waals surface area contributed by atoms with Gasteiger partial charge in [-0.1, -0.05) is 11.6 Å². The second kappa shape index (κ2) is 6.47. The predicted octanol–water partition coefficient (Wildman–Crippen LogP) is 0.838. The van der Waals surface area contributed by atoms with E-state index in [1.165, 1.54) is 0 Å². The van der Waals surface area contributed by atoms with E-state index in [2.05, 4.69) is 37.3 Å². The number of halogens is 2. The summed E-state index contributed by atoms with van der Waals surface area (Å²) in [5.41, 5.74) is 0. The lowest BCUT2D eigenvalue weighted by Crippen LogP contribution is -2.45. The standard InChI is InChI=1S/C10H16Cl2N6/c1-17-4-6-18(7-5-17)3-2-13-9-8(11)15-16-10(12)14-9/h2-7H2,1H3,(H,13,14,16). The zero-order chi connectivity index (χ0) is 13.0. The van der Waals surface area contributed by atoms with Crippen molar-refractivity contribution >= 4 is 29.0 Å². The molecule has 2 rings (SSSR count). The minimum atomic E-state index is 0.0986. The summed E-state index contributed by atoms with van der Waals surface area (Å²) in [5.74, 6) is 0.491. The predicted molar refractivity (Wildman–Crippen MR) is 72.3 cm³/mol. The number of anilines is 1. The molecular weight excluding hydrogens is 275 g/mol. The van der Waals surface area contributed by atoms with Crippen molar-refractivity contribution in [3.8, 4) is 0 Å². The van der Waals surface area contributed by atoms with E-state index < -0.39 is 0 Å². The minimum Gasteiger partial charge on any atom is -0.366 e. The minimum absolute atomic E-state index is 0.0986. The van der Waals surface area contributed by atoms with Crippen molar-refractivity contribution < 1.29 is 0 Å². The van der Waals surface area contributed by atoms with Gasteiger partial charge < -0.3 is 10.2 Å². The highest BCUT2D eigenvalue weighted by Gasteiger charge is 2.13. The molecule has 0 bridgehead atoms. The normalized spacial score (nSPS) is 17.9. The fourth-order valence-electron chi connectivity index (χ4n) is 1.81. The van der Waals surface area contributed by atoms with Crippen molar-refractivity contribution in [1.29, 1.82) is 0 Å². The van der Waals surface area contributed by atoms with Gasteiger partial charge in [0.1, 0.15) is 0 Å². The number of nitrogens with one attached hydrogen (secondary N) is 1. The van der Waals surface area contributed by atoms with E-state index in [9.17, 15) is 0 Å². The Bertz CT molecular complexity index is 394. The summed E-state index contributed by atoms with van der Waals surface area (Å²) in [6, 6.07) is 0. The first-order chi connectivity index (χ1) is 8.65. The van der Waals surface area contributed by atoms with Crippen LogP contribution in [0.15, 0.2) is 0 Å². The van der Waals surface area contributed by atoms with Crippen LogP contribution >= 0.6 is 23.2 Å². The number of likely N-dealkylation sites (N-methyl/N-ethyl adjacent to an activating group) is 1. The van der Waals surface area contributed by atoms with Gasteiger partial charge in [0.15, 0.2) is 11.0 Å². The van der Waals surface area contributed by atoms with E-state index in [-0.39, 0.29) is 10.4 Å². The molecule has 0 atom stereocenters. The molecule has 8 heteroatoms. The van der Waals surface area contributed by atoms with E-state index >= 15 is 0 Å². The van der Waals surface area contributed by atoms with Crippen LogP contribution in [0.1, 0.15) is 0 Å². The summed E-state index contributed by atoms with van der Waals surface area (Å²) >= 11 is 11.5. The van der Waals surface area contributed by atoms with Crippen molar-refractivity contribution in [3.05, 3.63) is 10.4 Å². The first-order valence-corrected chi connectivity index (χ1v) is 6.61. The molecule has 0 aromatic carbocycles. The van der Waals surface area contributed by atoms with E-state index in [1.54, 1.807) is 0 Å². The van der Waals surface area contributed by atoms with Crippen LogP contribution in [-0.2, 0) is 0 Å². The van der Waals surface area contributed by atoms with Gasteiger partial charge in [0.05, 0.1) is 0 Å². The zero-order valence-corrected chi connectivity index (χ0v) is 11.7. The maximum absolute atomic E-state index is 5.86. The number of piperazine rings is 1. The van der Waals surface area contributed by atoms with E-state index in [1.807, 2.05) is 0 Å². The summed E-state index contributed by atoms with van der Waals surface area (Å²) in [6.07, 6.45) is 0. The molecule has 0 radical (unpaired) electrons. The van der Waals surface area contributed by atoms with Crippen molar-refractivity contribution in [2.24, 2.45) is 0 Å². The molecule has 1 aromatic heterocycles. The Labute approximate surface area is 116 Å². The highest BCUT2D eigenvalue weighted by atomic mass is 35.5. The van der Waals surface area contributed by atoms with Gasteiger partial charge in [0.25, 0.3) is 0 Å². The maximum atomic E-state index is 5.86. The van der Waals surface area contributed by atoms with Crippen LogP contribution in [-0.4, -0.2) is 71.3 Å².